The molecule has 112 valence electrons. The summed E-state index contributed by atoms with van der Waals surface area (Å²) in [6, 6.07) is 7.36. The van der Waals surface area contributed by atoms with E-state index < -0.39 is 0 Å². The molecule has 0 radical (unpaired) electrons. The van der Waals surface area contributed by atoms with E-state index in [0.717, 1.165) is 37.4 Å². The molecule has 1 aromatic carbocycles. The van der Waals surface area contributed by atoms with E-state index in [0.29, 0.717) is 32.5 Å². The second-order valence-electron chi connectivity index (χ2n) is 4.85. The molecule has 0 bridgehead atoms. The number of hydrogen-bond acceptors (Lipinski definition) is 5. The monoisotopic (exact) mass is 280 g/mol. The van der Waals surface area contributed by atoms with Gasteiger partial charge in [0.1, 0.15) is 12.4 Å². The molecular weight excluding hydrogens is 256 g/mol. The molecule has 1 aromatic rings. The molecule has 3 N–H and O–H groups in total. The summed E-state index contributed by atoms with van der Waals surface area (Å²) < 4.78 is 16.7. The minimum atomic E-state index is 0.394. The van der Waals surface area contributed by atoms with Gasteiger partial charge >= 0.3 is 0 Å². The van der Waals surface area contributed by atoms with Gasteiger partial charge in [0.05, 0.1) is 25.9 Å². The summed E-state index contributed by atoms with van der Waals surface area (Å²) in [5.74, 6) is 0.814. The lowest BCUT2D eigenvalue weighted by Crippen LogP contribution is -2.33. The average molecular weight is 280 g/mol. The van der Waals surface area contributed by atoms with Crippen molar-refractivity contribution < 1.29 is 14.2 Å². The Kier molecular flexibility index (Phi) is 6.63. The molecule has 0 atom stereocenters. The first-order valence-corrected chi connectivity index (χ1v) is 7.23. The fraction of sp³-hybridized carbons (Fsp3) is 0.600. The van der Waals surface area contributed by atoms with E-state index in [9.17, 15) is 0 Å². The van der Waals surface area contributed by atoms with Crippen molar-refractivity contribution in [3.05, 3.63) is 24.3 Å². The maximum Gasteiger partial charge on any atom is 0.119 e. The number of nitrogen functional groups attached to an aromatic ring is 1. The zero-order valence-corrected chi connectivity index (χ0v) is 11.8. The van der Waals surface area contributed by atoms with Gasteiger partial charge in [0.15, 0.2) is 0 Å². The molecule has 1 aliphatic heterocycles. The van der Waals surface area contributed by atoms with Crippen LogP contribution in [0.25, 0.3) is 0 Å². The van der Waals surface area contributed by atoms with E-state index in [1.807, 2.05) is 24.3 Å². The predicted octanol–water partition coefficient (Wildman–Crippen LogP) is 1.43. The molecule has 5 nitrogen and oxygen atoms in total. The second-order valence-corrected chi connectivity index (χ2v) is 4.85. The highest BCUT2D eigenvalue weighted by atomic mass is 16.5. The van der Waals surface area contributed by atoms with Gasteiger partial charge in [-0.25, -0.2) is 0 Å². The van der Waals surface area contributed by atoms with Crippen molar-refractivity contribution in [2.45, 2.75) is 18.9 Å². The number of rotatable bonds is 8. The number of nitrogens with one attached hydrogen (secondary N) is 1. The normalized spacial score (nSPS) is 16.2. The molecule has 0 aromatic heterocycles. The van der Waals surface area contributed by atoms with Crippen LogP contribution in [0.1, 0.15) is 12.8 Å². The molecule has 20 heavy (non-hydrogen) atoms. The van der Waals surface area contributed by atoms with Crippen LogP contribution in [0, 0.1) is 0 Å². The Morgan fingerprint density at radius 3 is 2.45 bits per heavy atom. The van der Waals surface area contributed by atoms with Crippen molar-refractivity contribution >= 4 is 5.69 Å². The molecule has 1 fully saturated rings. The van der Waals surface area contributed by atoms with E-state index in [4.69, 9.17) is 19.9 Å². The number of nitrogens with two attached hydrogens (primary N) is 1. The molecule has 0 spiro atoms. The van der Waals surface area contributed by atoms with Gasteiger partial charge in [0.25, 0.3) is 0 Å². The van der Waals surface area contributed by atoms with Crippen molar-refractivity contribution in [2.75, 3.05) is 45.3 Å². The molecule has 0 amide bonds. The molecule has 1 saturated heterocycles. The van der Waals surface area contributed by atoms with Gasteiger partial charge in [-0.05, 0) is 50.2 Å². The topological polar surface area (TPSA) is 65.7 Å². The molecule has 0 aliphatic carbocycles. The van der Waals surface area contributed by atoms with Gasteiger partial charge in [0.2, 0.25) is 0 Å². The number of benzene rings is 1. The Bertz CT molecular complexity index is 364. The summed E-state index contributed by atoms with van der Waals surface area (Å²) >= 11 is 0. The standard InChI is InChI=1S/C15H24N2O3/c16-13-1-3-14(4-2-13)19-11-9-18-10-12-20-15-5-7-17-8-6-15/h1-4,15,17H,5-12,16H2. The van der Waals surface area contributed by atoms with Crippen molar-refractivity contribution in [2.24, 2.45) is 0 Å². The number of hydrogen-bond donors (Lipinski definition) is 2. The summed E-state index contributed by atoms with van der Waals surface area (Å²) in [5.41, 5.74) is 6.34. The van der Waals surface area contributed by atoms with E-state index >= 15 is 0 Å². The highest BCUT2D eigenvalue weighted by Crippen LogP contribution is 2.12. The maximum atomic E-state index is 5.74. The predicted molar refractivity (Wildman–Crippen MR) is 79.0 cm³/mol. The fourth-order valence-corrected chi connectivity index (χ4v) is 2.12. The minimum absolute atomic E-state index is 0.394. The van der Waals surface area contributed by atoms with Crippen LogP contribution >= 0.6 is 0 Å². The second kappa shape index (κ2) is 8.79. The Balaban J connectivity index is 1.44. The molecular formula is C15H24N2O3. The van der Waals surface area contributed by atoms with Crippen LogP contribution in [-0.4, -0.2) is 45.6 Å². The van der Waals surface area contributed by atoms with E-state index in [1.54, 1.807) is 0 Å². The third-order valence-electron chi connectivity index (χ3n) is 3.24. The van der Waals surface area contributed by atoms with Crippen molar-refractivity contribution in [3.8, 4) is 5.75 Å². The first kappa shape index (κ1) is 15.1. The van der Waals surface area contributed by atoms with Gasteiger partial charge < -0.3 is 25.3 Å². The first-order valence-electron chi connectivity index (χ1n) is 7.23. The maximum absolute atomic E-state index is 5.74. The summed E-state index contributed by atoms with van der Waals surface area (Å²) in [6.45, 7) is 4.50. The lowest BCUT2D eigenvalue weighted by Gasteiger charge is -2.22. The van der Waals surface area contributed by atoms with Crippen LogP contribution in [0.3, 0.4) is 0 Å². The summed E-state index contributed by atoms with van der Waals surface area (Å²) in [5, 5.41) is 3.32. The van der Waals surface area contributed by atoms with Crippen LogP contribution in [0.2, 0.25) is 0 Å². The van der Waals surface area contributed by atoms with Gasteiger partial charge in [0, 0.05) is 5.69 Å². The number of piperidine rings is 1. The third-order valence-corrected chi connectivity index (χ3v) is 3.24. The Hall–Kier alpha value is -1.30. The highest BCUT2D eigenvalue weighted by Gasteiger charge is 2.12. The Morgan fingerprint density at radius 1 is 1.00 bits per heavy atom. The zero-order valence-electron chi connectivity index (χ0n) is 11.8. The Morgan fingerprint density at radius 2 is 1.70 bits per heavy atom. The van der Waals surface area contributed by atoms with Gasteiger partial charge in [-0.2, -0.15) is 0 Å². The number of anilines is 1. The van der Waals surface area contributed by atoms with Crippen LogP contribution in [0.4, 0.5) is 5.69 Å². The SMILES string of the molecule is Nc1ccc(OCCOCCOC2CCNCC2)cc1. The summed E-state index contributed by atoms with van der Waals surface area (Å²) in [4.78, 5) is 0. The van der Waals surface area contributed by atoms with E-state index in [1.165, 1.54) is 0 Å². The lowest BCUT2D eigenvalue weighted by molar-refractivity contribution is -0.0115. The quantitative estimate of drug-likeness (QED) is 0.557. The van der Waals surface area contributed by atoms with Crippen LogP contribution in [0.5, 0.6) is 5.75 Å². The minimum Gasteiger partial charge on any atom is -0.491 e. The largest absolute Gasteiger partial charge is 0.491 e. The first-order chi connectivity index (χ1) is 9.84. The van der Waals surface area contributed by atoms with E-state index in [2.05, 4.69) is 5.32 Å². The van der Waals surface area contributed by atoms with Gasteiger partial charge in [-0.15, -0.1) is 0 Å². The average Bonchev–Trinajstić information content (AvgIpc) is 2.49. The number of ether oxygens (including phenoxy) is 3. The highest BCUT2D eigenvalue weighted by molar-refractivity contribution is 5.41. The molecule has 0 unspecified atom stereocenters. The van der Waals surface area contributed by atoms with Crippen molar-refractivity contribution in [1.29, 1.82) is 0 Å². The lowest BCUT2D eigenvalue weighted by atomic mass is 10.1. The van der Waals surface area contributed by atoms with Gasteiger partial charge in [-0.1, -0.05) is 0 Å². The molecule has 0 saturated carbocycles. The molecule has 2 rings (SSSR count). The third kappa shape index (κ3) is 5.77. The summed E-state index contributed by atoms with van der Waals surface area (Å²) in [6.07, 6.45) is 2.59. The van der Waals surface area contributed by atoms with Gasteiger partial charge in [-0.3, -0.25) is 0 Å². The van der Waals surface area contributed by atoms with Crippen molar-refractivity contribution in [1.82, 2.24) is 5.32 Å². The smallest absolute Gasteiger partial charge is 0.119 e. The molecule has 5 heteroatoms. The van der Waals surface area contributed by atoms with Crippen LogP contribution < -0.4 is 15.8 Å². The van der Waals surface area contributed by atoms with E-state index in [-0.39, 0.29) is 0 Å². The van der Waals surface area contributed by atoms with Crippen LogP contribution in [0.15, 0.2) is 24.3 Å². The zero-order chi connectivity index (χ0) is 14.0. The molecule has 1 aliphatic rings. The van der Waals surface area contributed by atoms with Crippen LogP contribution in [-0.2, 0) is 9.47 Å². The van der Waals surface area contributed by atoms with Crippen molar-refractivity contribution in [3.63, 3.8) is 0 Å². The Labute approximate surface area is 120 Å². The fourth-order valence-electron chi connectivity index (χ4n) is 2.12. The summed E-state index contributed by atoms with van der Waals surface area (Å²) in [7, 11) is 0. The molecule has 1 heterocycles.